The average Bonchev–Trinajstić information content (AvgIpc) is 2.73. The van der Waals surface area contributed by atoms with Crippen molar-refractivity contribution in [3.63, 3.8) is 0 Å². The highest BCUT2D eigenvalue weighted by Gasteiger charge is 2.14. The van der Waals surface area contributed by atoms with Crippen molar-refractivity contribution in [2.45, 2.75) is 46.5 Å². The first-order valence-corrected chi connectivity index (χ1v) is 10.3. The summed E-state index contributed by atoms with van der Waals surface area (Å²) in [7, 11) is 0. The minimum absolute atomic E-state index is 0.415. The summed E-state index contributed by atoms with van der Waals surface area (Å²) in [5.41, 5.74) is 7.33. The number of rotatable bonds is 4. The number of aromatic nitrogens is 2. The topological polar surface area (TPSA) is 38.1 Å². The predicted molar refractivity (Wildman–Crippen MR) is 124 cm³/mol. The van der Waals surface area contributed by atoms with Gasteiger partial charge in [0, 0.05) is 17.0 Å². The van der Waals surface area contributed by atoms with Crippen LogP contribution in [0.1, 0.15) is 63.3 Å². The lowest BCUT2D eigenvalue weighted by Gasteiger charge is -2.17. The first-order valence-electron chi connectivity index (χ1n) is 10.3. The van der Waals surface area contributed by atoms with Crippen molar-refractivity contribution in [3.8, 4) is 0 Å². The molecule has 0 bridgehead atoms. The highest BCUT2D eigenvalue weighted by atomic mass is 14.8. The van der Waals surface area contributed by atoms with Crippen molar-refractivity contribution in [1.82, 2.24) is 9.97 Å². The van der Waals surface area contributed by atoms with Gasteiger partial charge in [0.2, 0.25) is 0 Å². The number of aliphatic imine (C=N–C) groups is 1. The molecule has 0 amide bonds. The van der Waals surface area contributed by atoms with E-state index in [1.54, 1.807) is 0 Å². The van der Waals surface area contributed by atoms with Gasteiger partial charge >= 0.3 is 0 Å². The van der Waals surface area contributed by atoms with Crippen LogP contribution >= 0.6 is 0 Å². The Hall–Kier alpha value is -3.07. The van der Waals surface area contributed by atoms with Gasteiger partial charge in [-0.1, -0.05) is 70.2 Å². The predicted octanol–water partition coefficient (Wildman–Crippen LogP) is 7.17. The number of pyridine rings is 2. The zero-order valence-electron chi connectivity index (χ0n) is 17.8. The second-order valence-electron chi connectivity index (χ2n) is 8.20. The molecule has 3 nitrogen and oxygen atoms in total. The van der Waals surface area contributed by atoms with Gasteiger partial charge in [-0.25, -0.2) is 4.98 Å². The van der Waals surface area contributed by atoms with Crippen LogP contribution in [0.2, 0.25) is 0 Å². The summed E-state index contributed by atoms with van der Waals surface area (Å²) in [4.78, 5) is 14.6. The molecular formula is C26H27N3. The Bertz CT molecular complexity index is 1190. The lowest BCUT2D eigenvalue weighted by molar-refractivity contribution is 0.834. The molecule has 0 aliphatic heterocycles. The first-order chi connectivity index (χ1) is 14.0. The molecule has 2 heterocycles. The standard InChI is InChI=1S/C26H27N3/c1-16(2)21-9-6-10-22(17(3)4)26(21)28-18(5)23-14-13-20-12-11-19-8-7-15-27-24(19)25(20)29-23/h6-17H,1-5H3. The molecule has 2 aromatic carbocycles. The van der Waals surface area contributed by atoms with E-state index in [0.717, 1.165) is 38.9 Å². The fourth-order valence-electron chi connectivity index (χ4n) is 3.79. The summed E-state index contributed by atoms with van der Waals surface area (Å²) < 4.78 is 0. The Kier molecular flexibility index (Phi) is 5.14. The van der Waals surface area contributed by atoms with Crippen molar-refractivity contribution in [3.05, 3.63) is 77.6 Å². The molecule has 29 heavy (non-hydrogen) atoms. The second-order valence-corrected chi connectivity index (χ2v) is 8.20. The van der Waals surface area contributed by atoms with E-state index in [1.807, 2.05) is 19.2 Å². The molecule has 4 aromatic rings. The number of fused-ring (bicyclic) bond motifs is 3. The molecule has 0 N–H and O–H groups in total. The zero-order chi connectivity index (χ0) is 20.5. The molecule has 0 aliphatic carbocycles. The lowest BCUT2D eigenvalue weighted by Crippen LogP contribution is -2.02. The van der Waals surface area contributed by atoms with Crippen molar-refractivity contribution in [2.24, 2.45) is 4.99 Å². The zero-order valence-corrected chi connectivity index (χ0v) is 17.8. The van der Waals surface area contributed by atoms with E-state index in [4.69, 9.17) is 9.98 Å². The molecule has 0 radical (unpaired) electrons. The van der Waals surface area contributed by atoms with Crippen molar-refractivity contribution < 1.29 is 0 Å². The van der Waals surface area contributed by atoms with Crippen LogP contribution in [0.4, 0.5) is 5.69 Å². The van der Waals surface area contributed by atoms with Gasteiger partial charge < -0.3 is 0 Å². The number of para-hydroxylation sites is 1. The number of nitrogens with zero attached hydrogens (tertiary/aromatic N) is 3. The normalized spacial score (nSPS) is 12.4. The van der Waals surface area contributed by atoms with Crippen LogP contribution in [0.5, 0.6) is 0 Å². The van der Waals surface area contributed by atoms with Crippen molar-refractivity contribution >= 4 is 33.2 Å². The minimum atomic E-state index is 0.415. The van der Waals surface area contributed by atoms with Crippen LogP contribution in [0.25, 0.3) is 21.8 Å². The van der Waals surface area contributed by atoms with Crippen LogP contribution in [0.15, 0.2) is 65.8 Å². The van der Waals surface area contributed by atoms with E-state index < -0.39 is 0 Å². The molecule has 146 valence electrons. The maximum atomic E-state index is 5.09. The molecular weight excluding hydrogens is 354 g/mol. The monoisotopic (exact) mass is 381 g/mol. The Labute approximate surface area is 172 Å². The Morgan fingerprint density at radius 2 is 1.38 bits per heavy atom. The molecule has 0 atom stereocenters. The van der Waals surface area contributed by atoms with E-state index in [-0.39, 0.29) is 0 Å². The van der Waals surface area contributed by atoms with Gasteiger partial charge in [-0.05, 0) is 42.0 Å². The largest absolute Gasteiger partial charge is 0.254 e. The molecule has 0 spiro atoms. The average molecular weight is 382 g/mol. The van der Waals surface area contributed by atoms with E-state index in [9.17, 15) is 0 Å². The third-order valence-corrected chi connectivity index (χ3v) is 5.42. The van der Waals surface area contributed by atoms with E-state index in [1.165, 1.54) is 11.1 Å². The van der Waals surface area contributed by atoms with Crippen molar-refractivity contribution in [1.29, 1.82) is 0 Å². The quantitative estimate of drug-likeness (QED) is 0.277. The van der Waals surface area contributed by atoms with Gasteiger partial charge in [-0.15, -0.1) is 0 Å². The van der Waals surface area contributed by atoms with Crippen LogP contribution in [0, 0.1) is 0 Å². The van der Waals surface area contributed by atoms with Crippen LogP contribution in [0.3, 0.4) is 0 Å². The van der Waals surface area contributed by atoms with Crippen LogP contribution in [-0.4, -0.2) is 15.7 Å². The van der Waals surface area contributed by atoms with E-state index in [0.29, 0.717) is 11.8 Å². The van der Waals surface area contributed by atoms with Gasteiger partial charge in [0.1, 0.15) is 0 Å². The Morgan fingerprint density at radius 1 is 0.759 bits per heavy atom. The third-order valence-electron chi connectivity index (χ3n) is 5.42. The molecule has 3 heteroatoms. The van der Waals surface area contributed by atoms with Gasteiger partial charge in [-0.3, -0.25) is 9.98 Å². The van der Waals surface area contributed by atoms with Gasteiger partial charge in [0.05, 0.1) is 28.1 Å². The third kappa shape index (κ3) is 3.65. The number of benzene rings is 2. The second kappa shape index (κ2) is 7.75. The lowest BCUT2D eigenvalue weighted by atomic mass is 9.93. The summed E-state index contributed by atoms with van der Waals surface area (Å²) in [5.74, 6) is 0.830. The van der Waals surface area contributed by atoms with E-state index in [2.05, 4.69) is 81.2 Å². The Morgan fingerprint density at radius 3 is 2.03 bits per heavy atom. The van der Waals surface area contributed by atoms with Gasteiger partial charge in [-0.2, -0.15) is 0 Å². The van der Waals surface area contributed by atoms with Gasteiger partial charge in [0.25, 0.3) is 0 Å². The highest BCUT2D eigenvalue weighted by molar-refractivity contribution is 6.06. The Balaban J connectivity index is 1.89. The minimum Gasteiger partial charge on any atom is -0.254 e. The number of hydrogen-bond donors (Lipinski definition) is 0. The molecule has 0 aliphatic rings. The van der Waals surface area contributed by atoms with E-state index >= 15 is 0 Å². The summed E-state index contributed by atoms with van der Waals surface area (Å²) in [6, 6.07) is 18.9. The summed E-state index contributed by atoms with van der Waals surface area (Å²) >= 11 is 0. The van der Waals surface area contributed by atoms with Crippen molar-refractivity contribution in [2.75, 3.05) is 0 Å². The summed E-state index contributed by atoms with van der Waals surface area (Å²) in [5, 5.41) is 2.20. The maximum Gasteiger partial charge on any atom is 0.0972 e. The molecule has 0 saturated carbocycles. The molecule has 0 fully saturated rings. The molecule has 0 unspecified atom stereocenters. The fourth-order valence-corrected chi connectivity index (χ4v) is 3.79. The molecule has 0 saturated heterocycles. The summed E-state index contributed by atoms with van der Waals surface area (Å²) in [6.07, 6.45) is 1.82. The van der Waals surface area contributed by atoms with Crippen LogP contribution in [-0.2, 0) is 0 Å². The number of hydrogen-bond acceptors (Lipinski definition) is 3. The molecule has 2 aromatic heterocycles. The fraction of sp³-hybridized carbons (Fsp3) is 0.269. The maximum absolute atomic E-state index is 5.09. The van der Waals surface area contributed by atoms with Gasteiger partial charge in [0.15, 0.2) is 0 Å². The molecule has 4 rings (SSSR count). The first kappa shape index (κ1) is 19.3. The SMILES string of the molecule is CC(=Nc1c(C(C)C)cccc1C(C)C)c1ccc2ccc3cccnc3c2n1. The smallest absolute Gasteiger partial charge is 0.0972 e. The highest BCUT2D eigenvalue weighted by Crippen LogP contribution is 2.35. The summed E-state index contributed by atoms with van der Waals surface area (Å²) in [6.45, 7) is 10.9. The van der Waals surface area contributed by atoms with Crippen LogP contribution < -0.4 is 0 Å².